The molecule has 0 saturated carbocycles. The van der Waals surface area contributed by atoms with Crippen molar-refractivity contribution in [1.82, 2.24) is 4.98 Å². The Morgan fingerprint density at radius 1 is 1.19 bits per heavy atom. The minimum absolute atomic E-state index is 0.0780. The summed E-state index contributed by atoms with van der Waals surface area (Å²) in [4.78, 5) is 16.5. The van der Waals surface area contributed by atoms with Gasteiger partial charge in [0.15, 0.2) is 0 Å². The largest absolute Gasteiger partial charge is 0.486 e. The number of hydrogen-bond donors (Lipinski definition) is 1. The van der Waals surface area contributed by atoms with Crippen LogP contribution in [0.25, 0.3) is 0 Å². The Morgan fingerprint density at radius 2 is 1.93 bits per heavy atom. The summed E-state index contributed by atoms with van der Waals surface area (Å²) < 4.78 is 43.8. The number of nitrogens with zero attached hydrogens (tertiary/aromatic N) is 1. The van der Waals surface area contributed by atoms with Crippen molar-refractivity contribution in [2.24, 2.45) is 0 Å². The second-order valence-electron chi connectivity index (χ2n) is 5.73. The highest BCUT2D eigenvalue weighted by molar-refractivity contribution is 7.09. The lowest BCUT2D eigenvalue weighted by atomic mass is 10.1. The number of thiazole rings is 1. The number of benzene rings is 2. The fourth-order valence-corrected chi connectivity index (χ4v) is 2.98. The second-order valence-corrected chi connectivity index (χ2v) is 6.67. The maximum absolute atomic E-state index is 12.7. The van der Waals surface area contributed by atoms with Gasteiger partial charge in [-0.25, -0.2) is 4.98 Å². The first-order chi connectivity index (χ1) is 12.8. The molecule has 0 aliphatic heterocycles. The van der Waals surface area contributed by atoms with Crippen molar-refractivity contribution in [2.45, 2.75) is 19.7 Å². The summed E-state index contributed by atoms with van der Waals surface area (Å²) in [7, 11) is 0. The number of alkyl halides is 3. The number of carbonyl (C=O) groups excluding carboxylic acids is 1. The second kappa shape index (κ2) is 7.79. The van der Waals surface area contributed by atoms with Crippen LogP contribution in [0, 0.1) is 6.92 Å². The smallest absolute Gasteiger partial charge is 0.416 e. The molecule has 1 aromatic heterocycles. The van der Waals surface area contributed by atoms with Gasteiger partial charge in [0.1, 0.15) is 17.4 Å². The molecule has 1 N–H and O–H groups in total. The topological polar surface area (TPSA) is 51.2 Å². The van der Waals surface area contributed by atoms with Gasteiger partial charge in [-0.2, -0.15) is 13.2 Å². The van der Waals surface area contributed by atoms with Crippen LogP contribution < -0.4 is 10.1 Å². The molecular weight excluding hydrogens is 377 g/mol. The summed E-state index contributed by atoms with van der Waals surface area (Å²) in [5.41, 5.74) is 0.501. The Balaban J connectivity index is 1.62. The van der Waals surface area contributed by atoms with Gasteiger partial charge >= 0.3 is 6.18 Å². The lowest BCUT2D eigenvalue weighted by molar-refractivity contribution is -0.137. The van der Waals surface area contributed by atoms with E-state index in [4.69, 9.17) is 4.74 Å². The normalized spacial score (nSPS) is 11.3. The summed E-state index contributed by atoms with van der Waals surface area (Å²) in [5, 5.41) is 5.24. The fraction of sp³-hybridized carbons (Fsp3) is 0.158. The molecule has 3 rings (SSSR count). The lowest BCUT2D eigenvalue weighted by Crippen LogP contribution is -2.13. The number of halogens is 3. The molecule has 140 valence electrons. The Labute approximate surface area is 157 Å². The monoisotopic (exact) mass is 392 g/mol. The van der Waals surface area contributed by atoms with E-state index in [0.29, 0.717) is 17.9 Å². The average Bonchev–Trinajstić information content (AvgIpc) is 3.05. The molecule has 0 atom stereocenters. The van der Waals surface area contributed by atoms with Gasteiger partial charge in [-0.15, -0.1) is 11.3 Å². The van der Waals surface area contributed by atoms with E-state index in [0.717, 1.165) is 22.8 Å². The van der Waals surface area contributed by atoms with Crippen LogP contribution in [0.4, 0.5) is 18.9 Å². The summed E-state index contributed by atoms with van der Waals surface area (Å²) in [6.07, 6.45) is -4.46. The SMILES string of the molecule is Cc1csc(COc2ccc(C(=O)Nc3cccc(C(F)(F)F)c3)cc2)n1. The van der Waals surface area contributed by atoms with Gasteiger partial charge in [0.05, 0.1) is 5.56 Å². The summed E-state index contributed by atoms with van der Waals surface area (Å²) >= 11 is 1.50. The van der Waals surface area contributed by atoms with Crippen molar-refractivity contribution in [2.75, 3.05) is 5.32 Å². The number of anilines is 1. The maximum Gasteiger partial charge on any atom is 0.416 e. The first-order valence-electron chi connectivity index (χ1n) is 7.94. The molecule has 3 aromatic rings. The Hall–Kier alpha value is -2.87. The molecule has 0 saturated heterocycles. The molecule has 0 spiro atoms. The Bertz CT molecular complexity index is 937. The first-order valence-corrected chi connectivity index (χ1v) is 8.82. The molecule has 0 radical (unpaired) electrons. The van der Waals surface area contributed by atoms with Crippen LogP contribution in [-0.2, 0) is 12.8 Å². The molecule has 0 fully saturated rings. The van der Waals surface area contributed by atoms with E-state index in [1.165, 1.54) is 23.5 Å². The standard InChI is InChI=1S/C19H15F3N2O2S/c1-12-11-27-17(23-12)10-26-16-7-5-13(6-8-16)18(25)24-15-4-2-3-14(9-15)19(20,21)22/h2-9,11H,10H2,1H3,(H,24,25). The van der Waals surface area contributed by atoms with E-state index in [1.54, 1.807) is 24.3 Å². The molecule has 27 heavy (non-hydrogen) atoms. The minimum atomic E-state index is -4.46. The number of aryl methyl sites for hydroxylation is 1. The average molecular weight is 392 g/mol. The van der Waals surface area contributed by atoms with Gasteiger partial charge in [0, 0.05) is 22.3 Å². The third-order valence-electron chi connectivity index (χ3n) is 3.59. The number of carbonyl (C=O) groups is 1. The van der Waals surface area contributed by atoms with Crippen molar-refractivity contribution in [3.05, 3.63) is 75.7 Å². The molecule has 4 nitrogen and oxygen atoms in total. The fourth-order valence-electron chi connectivity index (χ4n) is 2.29. The predicted molar refractivity (Wildman–Crippen MR) is 97.0 cm³/mol. The van der Waals surface area contributed by atoms with Gasteiger partial charge in [-0.3, -0.25) is 4.79 Å². The van der Waals surface area contributed by atoms with Crippen molar-refractivity contribution >= 4 is 22.9 Å². The third kappa shape index (κ3) is 5.07. The highest BCUT2D eigenvalue weighted by Gasteiger charge is 2.30. The Morgan fingerprint density at radius 3 is 2.56 bits per heavy atom. The number of hydrogen-bond acceptors (Lipinski definition) is 4. The molecule has 0 aliphatic rings. The number of nitrogens with one attached hydrogen (secondary N) is 1. The first kappa shape index (κ1) is 18.9. The van der Waals surface area contributed by atoms with Gasteiger partial charge in [-0.1, -0.05) is 6.07 Å². The molecule has 2 aromatic carbocycles. The zero-order valence-electron chi connectivity index (χ0n) is 14.2. The van der Waals surface area contributed by atoms with Crippen molar-refractivity contribution in [1.29, 1.82) is 0 Å². The molecule has 0 unspecified atom stereocenters. The van der Waals surface area contributed by atoms with E-state index in [9.17, 15) is 18.0 Å². The number of rotatable bonds is 5. The maximum atomic E-state index is 12.7. The van der Waals surface area contributed by atoms with Gasteiger partial charge in [-0.05, 0) is 49.4 Å². The van der Waals surface area contributed by atoms with Gasteiger partial charge in [0.25, 0.3) is 5.91 Å². The third-order valence-corrected chi connectivity index (χ3v) is 4.53. The van der Waals surface area contributed by atoms with Crippen LogP contribution in [0.3, 0.4) is 0 Å². The van der Waals surface area contributed by atoms with E-state index >= 15 is 0 Å². The summed E-state index contributed by atoms with van der Waals surface area (Å²) in [6.45, 7) is 2.23. The molecule has 0 aliphatic carbocycles. The predicted octanol–water partition coefficient (Wildman–Crippen LogP) is 5.30. The van der Waals surface area contributed by atoms with Crippen LogP contribution in [0.1, 0.15) is 26.6 Å². The van der Waals surface area contributed by atoms with Crippen LogP contribution in [0.2, 0.25) is 0 Å². The molecule has 0 bridgehead atoms. The summed E-state index contributed by atoms with van der Waals surface area (Å²) in [5.74, 6) is 0.0647. The van der Waals surface area contributed by atoms with Gasteiger partial charge in [0.2, 0.25) is 0 Å². The van der Waals surface area contributed by atoms with Crippen LogP contribution in [0.5, 0.6) is 5.75 Å². The lowest BCUT2D eigenvalue weighted by Gasteiger charge is -2.10. The van der Waals surface area contributed by atoms with E-state index in [2.05, 4.69) is 10.3 Å². The summed E-state index contributed by atoms with van der Waals surface area (Å²) in [6, 6.07) is 10.8. The van der Waals surface area contributed by atoms with E-state index in [-0.39, 0.29) is 5.69 Å². The highest BCUT2D eigenvalue weighted by atomic mass is 32.1. The highest BCUT2D eigenvalue weighted by Crippen LogP contribution is 2.30. The van der Waals surface area contributed by atoms with Crippen molar-refractivity contribution < 1.29 is 22.7 Å². The zero-order valence-corrected chi connectivity index (χ0v) is 15.0. The Kier molecular flexibility index (Phi) is 5.46. The number of ether oxygens (including phenoxy) is 1. The molecule has 1 heterocycles. The van der Waals surface area contributed by atoms with Crippen molar-refractivity contribution in [3.8, 4) is 5.75 Å². The molecular formula is C19H15F3N2O2S. The van der Waals surface area contributed by atoms with Crippen LogP contribution in [-0.4, -0.2) is 10.9 Å². The zero-order chi connectivity index (χ0) is 19.4. The molecule has 1 amide bonds. The van der Waals surface area contributed by atoms with Crippen LogP contribution in [0.15, 0.2) is 53.9 Å². The number of amides is 1. The van der Waals surface area contributed by atoms with E-state index < -0.39 is 17.6 Å². The van der Waals surface area contributed by atoms with E-state index in [1.807, 2.05) is 12.3 Å². The van der Waals surface area contributed by atoms with Crippen molar-refractivity contribution in [3.63, 3.8) is 0 Å². The number of aromatic nitrogens is 1. The van der Waals surface area contributed by atoms with Gasteiger partial charge < -0.3 is 10.1 Å². The van der Waals surface area contributed by atoms with Crippen LogP contribution >= 0.6 is 11.3 Å². The minimum Gasteiger partial charge on any atom is -0.486 e. The quantitative estimate of drug-likeness (QED) is 0.641. The molecule has 8 heteroatoms.